The Morgan fingerprint density at radius 3 is 2.59 bits per heavy atom. The van der Waals surface area contributed by atoms with Crippen molar-refractivity contribution >= 4 is 5.91 Å². The first kappa shape index (κ1) is 28.4. The summed E-state index contributed by atoms with van der Waals surface area (Å²) in [5.74, 6) is 2.96. The van der Waals surface area contributed by atoms with E-state index in [9.17, 15) is 15.0 Å². The van der Waals surface area contributed by atoms with Gasteiger partial charge in [-0.2, -0.15) is 0 Å². The molecule has 1 amide bonds. The molecule has 5 nitrogen and oxygen atoms in total. The Kier molecular flexibility index (Phi) is 9.61. The van der Waals surface area contributed by atoms with E-state index in [2.05, 4.69) is 13.0 Å². The van der Waals surface area contributed by atoms with E-state index in [-0.39, 0.29) is 30.1 Å². The molecule has 5 heteroatoms. The second-order valence-corrected chi connectivity index (χ2v) is 12.8. The van der Waals surface area contributed by atoms with Gasteiger partial charge in [-0.3, -0.25) is 4.79 Å². The number of hydrogen-bond donors (Lipinski definition) is 2. The van der Waals surface area contributed by atoms with Crippen LogP contribution in [0.1, 0.15) is 108 Å². The maximum Gasteiger partial charge on any atom is 0.248 e. The fourth-order valence-corrected chi connectivity index (χ4v) is 8.00. The molecule has 0 unspecified atom stereocenters. The molecule has 3 aliphatic carbocycles. The van der Waals surface area contributed by atoms with Crippen molar-refractivity contribution in [3.63, 3.8) is 0 Å². The Morgan fingerprint density at radius 1 is 1.11 bits per heavy atom. The van der Waals surface area contributed by atoms with E-state index in [0.29, 0.717) is 36.0 Å². The van der Waals surface area contributed by atoms with Gasteiger partial charge in [0.25, 0.3) is 0 Å². The Bertz CT molecular complexity index is 901. The van der Waals surface area contributed by atoms with Gasteiger partial charge in [0, 0.05) is 19.7 Å². The van der Waals surface area contributed by atoms with Crippen LogP contribution in [0.5, 0.6) is 5.75 Å². The number of nitrogens with zero attached hydrogens (tertiary/aromatic N) is 1. The number of hydrogen-bond acceptors (Lipinski definition) is 4. The fraction of sp³-hybridized carbons (Fsp3) is 0.781. The highest BCUT2D eigenvalue weighted by molar-refractivity contribution is 5.77. The van der Waals surface area contributed by atoms with Crippen LogP contribution in [0.15, 0.2) is 18.2 Å². The molecule has 0 aliphatic heterocycles. The minimum Gasteiger partial charge on any atom is -0.508 e. The smallest absolute Gasteiger partial charge is 0.248 e. The van der Waals surface area contributed by atoms with Gasteiger partial charge in [0.15, 0.2) is 0 Å². The predicted octanol–water partition coefficient (Wildman–Crippen LogP) is 6.45. The Balaban J connectivity index is 1.22. The zero-order valence-electron chi connectivity index (χ0n) is 23.8. The minimum absolute atomic E-state index is 0.0580. The molecule has 1 aromatic carbocycles. The number of carbonyl (C=O) groups excluding carboxylic acids is 1. The number of phenolic OH excluding ortho intramolecular Hbond substituents is 1. The number of aryl methyl sites for hydroxylation is 1. The van der Waals surface area contributed by atoms with Crippen LogP contribution in [0, 0.1) is 23.2 Å². The van der Waals surface area contributed by atoms with E-state index >= 15 is 0 Å². The van der Waals surface area contributed by atoms with Crippen LogP contribution < -0.4 is 0 Å². The lowest BCUT2D eigenvalue weighted by Gasteiger charge is -2.54. The molecule has 3 aliphatic rings. The second-order valence-electron chi connectivity index (χ2n) is 12.8. The number of aromatic hydroxyl groups is 1. The number of carbonyl (C=O) groups is 1. The maximum absolute atomic E-state index is 12.0. The summed E-state index contributed by atoms with van der Waals surface area (Å²) in [5.41, 5.74) is 2.92. The molecule has 208 valence electrons. The van der Waals surface area contributed by atoms with Gasteiger partial charge in [-0.1, -0.05) is 45.1 Å². The zero-order chi connectivity index (χ0) is 26.6. The SMILES string of the molecule is CC(C)N(C)C(=O)COCCCCCCCC[C@H]1C[C@]2(C)[C@@H](O)CC[C@H]2[C@@H]2CCc3cc(O)ccc3[C@@H]12. The van der Waals surface area contributed by atoms with Crippen molar-refractivity contribution in [1.82, 2.24) is 4.90 Å². The summed E-state index contributed by atoms with van der Waals surface area (Å²) >= 11 is 0. The Labute approximate surface area is 225 Å². The summed E-state index contributed by atoms with van der Waals surface area (Å²) in [5, 5.41) is 21.0. The van der Waals surface area contributed by atoms with Crippen LogP contribution in [0.2, 0.25) is 0 Å². The van der Waals surface area contributed by atoms with Crippen LogP contribution in [-0.4, -0.2) is 53.4 Å². The van der Waals surface area contributed by atoms with Gasteiger partial charge in [-0.25, -0.2) is 0 Å². The van der Waals surface area contributed by atoms with Crippen molar-refractivity contribution in [3.05, 3.63) is 29.3 Å². The van der Waals surface area contributed by atoms with Crippen LogP contribution in [-0.2, 0) is 16.0 Å². The van der Waals surface area contributed by atoms with E-state index in [0.717, 1.165) is 32.1 Å². The summed E-state index contributed by atoms with van der Waals surface area (Å²) in [6.07, 6.45) is 13.8. The normalized spacial score (nSPS) is 30.6. The van der Waals surface area contributed by atoms with E-state index in [1.807, 2.05) is 33.0 Å². The first-order valence-corrected chi connectivity index (χ1v) is 15.1. The molecule has 1 aromatic rings. The molecule has 0 heterocycles. The maximum atomic E-state index is 12.0. The molecule has 0 bridgehead atoms. The molecule has 4 rings (SSSR count). The van der Waals surface area contributed by atoms with E-state index in [1.54, 1.807) is 4.90 Å². The number of ether oxygens (including phenoxy) is 1. The molecular weight excluding hydrogens is 462 g/mol. The predicted molar refractivity (Wildman–Crippen MR) is 149 cm³/mol. The number of aliphatic hydroxyl groups is 1. The lowest BCUT2D eigenvalue weighted by molar-refractivity contribution is -0.136. The highest BCUT2D eigenvalue weighted by atomic mass is 16.5. The van der Waals surface area contributed by atoms with Crippen molar-refractivity contribution in [2.24, 2.45) is 23.2 Å². The molecular formula is C32H51NO4. The van der Waals surface area contributed by atoms with Gasteiger partial charge in [0.2, 0.25) is 5.91 Å². The first-order chi connectivity index (χ1) is 17.7. The average Bonchev–Trinajstić information content (AvgIpc) is 3.17. The molecule has 2 N–H and O–H groups in total. The second kappa shape index (κ2) is 12.5. The van der Waals surface area contributed by atoms with Gasteiger partial charge in [0.05, 0.1) is 6.10 Å². The standard InChI is InChI=1S/C32H51NO4/c1-22(2)33(4)30(36)21-37-18-10-8-6-5-7-9-11-24-20-32(3)28(16-17-29(32)35)27-14-12-23-19-25(34)13-15-26(23)31(24)27/h13,15,19,22,24,27-29,31,34-35H,5-12,14,16-18,20-21H2,1-4H3/t24-,27-,28-,29-,31+,32-/m0/s1. The fourth-order valence-electron chi connectivity index (χ4n) is 8.00. The van der Waals surface area contributed by atoms with E-state index < -0.39 is 0 Å². The number of aliphatic hydroxyl groups excluding tert-OH is 1. The molecule has 6 atom stereocenters. The van der Waals surface area contributed by atoms with E-state index in [4.69, 9.17) is 4.74 Å². The molecule has 0 aromatic heterocycles. The van der Waals surface area contributed by atoms with Crippen molar-refractivity contribution in [2.75, 3.05) is 20.3 Å². The first-order valence-electron chi connectivity index (χ1n) is 15.1. The highest BCUT2D eigenvalue weighted by Crippen LogP contribution is 2.63. The summed E-state index contributed by atoms with van der Waals surface area (Å²) < 4.78 is 5.59. The number of phenols is 1. The van der Waals surface area contributed by atoms with Gasteiger partial charge in [-0.15, -0.1) is 0 Å². The number of rotatable bonds is 12. The summed E-state index contributed by atoms with van der Waals surface area (Å²) in [4.78, 5) is 13.7. The third kappa shape index (κ3) is 6.36. The lowest BCUT2D eigenvalue weighted by Crippen LogP contribution is -2.47. The minimum atomic E-state index is -0.148. The average molecular weight is 514 g/mol. The van der Waals surface area contributed by atoms with Crippen LogP contribution in [0.4, 0.5) is 0 Å². The number of fused-ring (bicyclic) bond motifs is 5. The molecule has 2 fully saturated rings. The molecule has 0 spiro atoms. The molecule has 37 heavy (non-hydrogen) atoms. The monoisotopic (exact) mass is 513 g/mol. The van der Waals surface area contributed by atoms with Crippen molar-refractivity contribution in [1.29, 1.82) is 0 Å². The quantitative estimate of drug-likeness (QED) is 0.315. The highest BCUT2D eigenvalue weighted by Gasteiger charge is 2.57. The van der Waals surface area contributed by atoms with E-state index in [1.165, 1.54) is 56.1 Å². The molecule has 0 radical (unpaired) electrons. The van der Waals surface area contributed by atoms with Crippen molar-refractivity contribution in [3.8, 4) is 5.75 Å². The van der Waals surface area contributed by atoms with Crippen molar-refractivity contribution in [2.45, 2.75) is 116 Å². The number of likely N-dealkylation sites (N-methyl/N-ethyl adjacent to an activating group) is 1. The summed E-state index contributed by atoms with van der Waals surface area (Å²) in [6, 6.07) is 6.31. The molecule has 2 saturated carbocycles. The Hall–Kier alpha value is -1.59. The summed E-state index contributed by atoms with van der Waals surface area (Å²) in [7, 11) is 1.83. The molecule has 0 saturated heterocycles. The van der Waals surface area contributed by atoms with Gasteiger partial charge in [0.1, 0.15) is 12.4 Å². The van der Waals surface area contributed by atoms with Crippen LogP contribution in [0.3, 0.4) is 0 Å². The summed E-state index contributed by atoms with van der Waals surface area (Å²) in [6.45, 7) is 7.26. The van der Waals surface area contributed by atoms with Crippen LogP contribution in [0.25, 0.3) is 0 Å². The zero-order valence-corrected chi connectivity index (χ0v) is 23.8. The van der Waals surface area contributed by atoms with Gasteiger partial charge >= 0.3 is 0 Å². The number of benzene rings is 1. The van der Waals surface area contributed by atoms with Crippen LogP contribution >= 0.6 is 0 Å². The lowest BCUT2D eigenvalue weighted by atomic mass is 9.51. The van der Waals surface area contributed by atoms with Crippen molar-refractivity contribution < 1.29 is 19.7 Å². The van der Waals surface area contributed by atoms with Gasteiger partial charge < -0.3 is 19.8 Å². The number of unbranched alkanes of at least 4 members (excludes halogenated alkanes) is 5. The topological polar surface area (TPSA) is 70.0 Å². The third-order valence-electron chi connectivity index (χ3n) is 10.3. The number of amides is 1. The third-order valence-corrected chi connectivity index (χ3v) is 10.3. The van der Waals surface area contributed by atoms with Gasteiger partial charge in [-0.05, 0) is 111 Å². The Morgan fingerprint density at radius 2 is 1.84 bits per heavy atom. The largest absolute Gasteiger partial charge is 0.508 e.